The Balaban J connectivity index is 2.16. The molecule has 2 rings (SSSR count). The Morgan fingerprint density at radius 1 is 1.16 bits per heavy atom. The Morgan fingerprint density at radius 3 is 2.58 bits per heavy atom. The van der Waals surface area contributed by atoms with E-state index < -0.39 is 17.8 Å². The average Bonchev–Trinajstić information content (AvgIpc) is 2.39. The first-order valence-corrected chi connectivity index (χ1v) is 5.71. The number of aliphatic hydroxyl groups is 1. The van der Waals surface area contributed by atoms with Crippen LogP contribution in [-0.4, -0.2) is 10.1 Å². The smallest absolute Gasteiger partial charge is 0.388 e. The number of alkyl halides is 3. The highest BCUT2D eigenvalue weighted by atomic mass is 19.4. The first kappa shape index (κ1) is 13.5. The zero-order valence-corrected chi connectivity index (χ0v) is 9.93. The van der Waals surface area contributed by atoms with Gasteiger partial charge in [0, 0.05) is 18.8 Å². The molecule has 1 atom stereocenters. The van der Waals surface area contributed by atoms with Crippen LogP contribution < -0.4 is 0 Å². The summed E-state index contributed by atoms with van der Waals surface area (Å²) >= 11 is 0. The quantitative estimate of drug-likeness (QED) is 0.924. The Morgan fingerprint density at radius 2 is 1.95 bits per heavy atom. The van der Waals surface area contributed by atoms with E-state index in [4.69, 9.17) is 0 Å². The summed E-state index contributed by atoms with van der Waals surface area (Å²) in [5, 5.41) is 9.95. The van der Waals surface area contributed by atoms with E-state index in [0.29, 0.717) is 11.1 Å². The van der Waals surface area contributed by atoms with E-state index in [1.54, 1.807) is 24.4 Å². The second-order valence-corrected chi connectivity index (χ2v) is 4.20. The zero-order valence-electron chi connectivity index (χ0n) is 9.93. The molecule has 2 nitrogen and oxygen atoms in total. The predicted octanol–water partition coefficient (Wildman–Crippen LogP) is 3.38. The van der Waals surface area contributed by atoms with E-state index in [2.05, 4.69) is 4.98 Å². The van der Waals surface area contributed by atoms with E-state index in [0.717, 1.165) is 12.1 Å². The SMILES string of the molecule is OC(Cc1cccc(C(F)(F)F)c1)c1cccnc1. The van der Waals surface area contributed by atoms with Crippen molar-refractivity contribution in [1.82, 2.24) is 4.98 Å². The van der Waals surface area contributed by atoms with Crippen LogP contribution in [0.2, 0.25) is 0 Å². The molecule has 0 fully saturated rings. The molecule has 0 saturated heterocycles. The highest BCUT2D eigenvalue weighted by Gasteiger charge is 2.30. The van der Waals surface area contributed by atoms with Crippen molar-refractivity contribution in [3.05, 3.63) is 65.5 Å². The van der Waals surface area contributed by atoms with Gasteiger partial charge in [-0.1, -0.05) is 24.3 Å². The van der Waals surface area contributed by atoms with Gasteiger partial charge in [0.15, 0.2) is 0 Å². The van der Waals surface area contributed by atoms with E-state index >= 15 is 0 Å². The molecule has 0 radical (unpaired) electrons. The van der Waals surface area contributed by atoms with Crippen LogP contribution in [0, 0.1) is 0 Å². The molecule has 1 heterocycles. The molecule has 0 spiro atoms. The normalized spacial score (nSPS) is 13.3. The summed E-state index contributed by atoms with van der Waals surface area (Å²) in [4.78, 5) is 3.86. The molecule has 0 bridgehead atoms. The van der Waals surface area contributed by atoms with Crippen molar-refractivity contribution in [2.75, 3.05) is 0 Å². The van der Waals surface area contributed by atoms with Crippen LogP contribution in [0.5, 0.6) is 0 Å². The second-order valence-electron chi connectivity index (χ2n) is 4.20. The minimum atomic E-state index is -4.37. The van der Waals surface area contributed by atoms with Crippen LogP contribution in [0.3, 0.4) is 0 Å². The largest absolute Gasteiger partial charge is 0.416 e. The molecule has 2 aromatic rings. The summed E-state index contributed by atoms with van der Waals surface area (Å²) in [6, 6.07) is 8.33. The third-order valence-corrected chi connectivity index (χ3v) is 2.75. The molecule has 0 saturated carbocycles. The average molecular weight is 267 g/mol. The first-order chi connectivity index (χ1) is 8.97. The van der Waals surface area contributed by atoms with Crippen molar-refractivity contribution in [2.45, 2.75) is 18.7 Å². The molecule has 100 valence electrons. The molecular weight excluding hydrogens is 255 g/mol. The minimum Gasteiger partial charge on any atom is -0.388 e. The number of pyridine rings is 1. The van der Waals surface area contributed by atoms with Gasteiger partial charge in [-0.15, -0.1) is 0 Å². The van der Waals surface area contributed by atoms with Crippen molar-refractivity contribution >= 4 is 0 Å². The lowest BCUT2D eigenvalue weighted by atomic mass is 10.0. The van der Waals surface area contributed by atoms with Crippen molar-refractivity contribution in [3.63, 3.8) is 0 Å². The maximum Gasteiger partial charge on any atom is 0.416 e. The molecule has 1 N–H and O–H groups in total. The van der Waals surface area contributed by atoms with Gasteiger partial charge in [-0.25, -0.2) is 0 Å². The van der Waals surface area contributed by atoms with E-state index in [1.165, 1.54) is 12.3 Å². The molecule has 1 aromatic carbocycles. The summed E-state index contributed by atoms with van der Waals surface area (Å²) in [6.45, 7) is 0. The number of halogens is 3. The maximum atomic E-state index is 12.6. The number of aliphatic hydroxyl groups excluding tert-OH is 1. The van der Waals surface area contributed by atoms with E-state index in [-0.39, 0.29) is 6.42 Å². The lowest BCUT2D eigenvalue weighted by molar-refractivity contribution is -0.137. The summed E-state index contributed by atoms with van der Waals surface area (Å²) in [5.74, 6) is 0. The van der Waals surface area contributed by atoms with Crippen molar-refractivity contribution in [3.8, 4) is 0 Å². The number of hydrogen-bond acceptors (Lipinski definition) is 2. The Bertz CT molecular complexity index is 540. The van der Waals surface area contributed by atoms with Gasteiger partial charge in [-0.05, 0) is 23.3 Å². The van der Waals surface area contributed by atoms with Crippen LogP contribution in [-0.2, 0) is 12.6 Å². The van der Waals surface area contributed by atoms with Gasteiger partial charge in [0.05, 0.1) is 11.7 Å². The van der Waals surface area contributed by atoms with Crippen LogP contribution in [0.25, 0.3) is 0 Å². The molecule has 5 heteroatoms. The van der Waals surface area contributed by atoms with E-state index in [9.17, 15) is 18.3 Å². The Kier molecular flexibility index (Phi) is 3.85. The third-order valence-electron chi connectivity index (χ3n) is 2.75. The molecule has 19 heavy (non-hydrogen) atoms. The van der Waals surface area contributed by atoms with Gasteiger partial charge in [0.1, 0.15) is 0 Å². The fourth-order valence-electron chi connectivity index (χ4n) is 1.79. The molecular formula is C14H12F3NO. The van der Waals surface area contributed by atoms with Gasteiger partial charge in [-0.3, -0.25) is 4.98 Å². The van der Waals surface area contributed by atoms with Crippen molar-refractivity contribution in [2.24, 2.45) is 0 Å². The molecule has 1 aromatic heterocycles. The van der Waals surface area contributed by atoms with Crippen molar-refractivity contribution < 1.29 is 18.3 Å². The zero-order chi connectivity index (χ0) is 13.9. The van der Waals surface area contributed by atoms with E-state index in [1.807, 2.05) is 0 Å². The lowest BCUT2D eigenvalue weighted by Crippen LogP contribution is -2.07. The van der Waals surface area contributed by atoms with Crippen molar-refractivity contribution in [1.29, 1.82) is 0 Å². The van der Waals surface area contributed by atoms with Gasteiger partial charge in [0.25, 0.3) is 0 Å². The number of nitrogens with zero attached hydrogens (tertiary/aromatic N) is 1. The molecule has 0 aliphatic rings. The number of hydrogen-bond donors (Lipinski definition) is 1. The van der Waals surface area contributed by atoms with Gasteiger partial charge in [0.2, 0.25) is 0 Å². The molecule has 0 aliphatic heterocycles. The number of benzene rings is 1. The highest BCUT2D eigenvalue weighted by Crippen LogP contribution is 2.30. The van der Waals surface area contributed by atoms with Gasteiger partial charge in [-0.2, -0.15) is 13.2 Å². The summed E-state index contributed by atoms with van der Waals surface area (Å²) in [6.07, 6.45) is -2.04. The monoisotopic (exact) mass is 267 g/mol. The Hall–Kier alpha value is -1.88. The third kappa shape index (κ3) is 3.54. The number of aromatic nitrogens is 1. The fraction of sp³-hybridized carbons (Fsp3) is 0.214. The number of rotatable bonds is 3. The summed E-state index contributed by atoms with van der Waals surface area (Å²) in [5.41, 5.74) is 0.314. The molecule has 0 amide bonds. The fourth-order valence-corrected chi connectivity index (χ4v) is 1.79. The Labute approximate surface area is 108 Å². The standard InChI is InChI=1S/C14H12F3NO/c15-14(16,17)12-5-1-3-10(7-12)8-13(19)11-4-2-6-18-9-11/h1-7,9,13,19H,8H2. The lowest BCUT2D eigenvalue weighted by Gasteiger charge is -2.12. The van der Waals surface area contributed by atoms with Crippen LogP contribution in [0.15, 0.2) is 48.8 Å². The molecule has 1 unspecified atom stereocenters. The topological polar surface area (TPSA) is 33.1 Å². The van der Waals surface area contributed by atoms with Crippen LogP contribution in [0.1, 0.15) is 22.8 Å². The van der Waals surface area contributed by atoms with Crippen LogP contribution in [0.4, 0.5) is 13.2 Å². The summed E-state index contributed by atoms with van der Waals surface area (Å²) < 4.78 is 37.7. The summed E-state index contributed by atoms with van der Waals surface area (Å²) in [7, 11) is 0. The molecule has 0 aliphatic carbocycles. The van der Waals surface area contributed by atoms with Gasteiger partial charge < -0.3 is 5.11 Å². The second kappa shape index (κ2) is 5.40. The predicted molar refractivity (Wildman–Crippen MR) is 64.3 cm³/mol. The minimum absolute atomic E-state index is 0.121. The van der Waals surface area contributed by atoms with Crippen LogP contribution >= 0.6 is 0 Å². The maximum absolute atomic E-state index is 12.6. The van der Waals surface area contributed by atoms with Gasteiger partial charge >= 0.3 is 6.18 Å². The first-order valence-electron chi connectivity index (χ1n) is 5.71. The highest BCUT2D eigenvalue weighted by molar-refractivity contribution is 5.27.